The number of thiophene rings is 1. The van der Waals surface area contributed by atoms with Crippen LogP contribution in [0.2, 0.25) is 0 Å². The first kappa shape index (κ1) is 20.0. The molecule has 3 aromatic rings. The standard InChI is InChI=1S/C22H26FN3O2S/c1-24(2)13-6-14-25-21-19(17-7-4-3-5-8-18(17)29-21)20(27)26(22(25)28)16-11-9-15(23)10-12-16/h9-12H,3-8,13-14H2,1-2H3. The maximum atomic E-state index is 13.5. The van der Waals surface area contributed by atoms with E-state index in [-0.39, 0.29) is 11.2 Å². The third-order valence-corrected chi connectivity index (χ3v) is 6.87. The molecule has 7 heteroatoms. The van der Waals surface area contributed by atoms with Crippen molar-refractivity contribution in [3.05, 3.63) is 61.4 Å². The summed E-state index contributed by atoms with van der Waals surface area (Å²) < 4.78 is 16.4. The van der Waals surface area contributed by atoms with E-state index in [2.05, 4.69) is 4.90 Å². The first-order valence-corrected chi connectivity index (χ1v) is 11.0. The number of benzene rings is 1. The van der Waals surface area contributed by atoms with Crippen molar-refractivity contribution in [1.29, 1.82) is 0 Å². The molecule has 1 aliphatic carbocycles. The number of rotatable bonds is 5. The summed E-state index contributed by atoms with van der Waals surface area (Å²) in [4.78, 5) is 31.0. The number of hydrogen-bond acceptors (Lipinski definition) is 4. The second-order valence-electron chi connectivity index (χ2n) is 7.95. The van der Waals surface area contributed by atoms with Crippen molar-refractivity contribution in [1.82, 2.24) is 14.0 Å². The Hall–Kier alpha value is -2.25. The minimum Gasteiger partial charge on any atom is -0.309 e. The molecule has 1 aliphatic rings. The van der Waals surface area contributed by atoms with Gasteiger partial charge in [-0.25, -0.2) is 13.8 Å². The molecule has 2 aromatic heterocycles. The lowest BCUT2D eigenvalue weighted by Gasteiger charge is -2.14. The SMILES string of the molecule is CN(C)CCCn1c(=O)n(-c2ccc(F)cc2)c(=O)c2c3c(sc21)CCCCC3. The highest BCUT2D eigenvalue weighted by molar-refractivity contribution is 7.18. The van der Waals surface area contributed by atoms with Crippen molar-refractivity contribution in [2.24, 2.45) is 0 Å². The lowest BCUT2D eigenvalue weighted by Crippen LogP contribution is -2.39. The summed E-state index contributed by atoms with van der Waals surface area (Å²) in [7, 11) is 4.01. The fraction of sp³-hybridized carbons (Fsp3) is 0.455. The Balaban J connectivity index is 1.97. The molecule has 0 N–H and O–H groups in total. The van der Waals surface area contributed by atoms with E-state index < -0.39 is 5.82 Å². The minimum atomic E-state index is -0.390. The molecule has 29 heavy (non-hydrogen) atoms. The molecular formula is C22H26FN3O2S. The van der Waals surface area contributed by atoms with Crippen molar-refractivity contribution in [2.75, 3.05) is 20.6 Å². The van der Waals surface area contributed by atoms with Gasteiger partial charge in [-0.15, -0.1) is 11.3 Å². The van der Waals surface area contributed by atoms with Crippen molar-refractivity contribution in [3.63, 3.8) is 0 Å². The average Bonchev–Trinajstić information content (AvgIpc) is 2.88. The molecule has 5 nitrogen and oxygen atoms in total. The van der Waals surface area contributed by atoms with E-state index in [0.29, 0.717) is 17.6 Å². The molecule has 0 aliphatic heterocycles. The second kappa shape index (κ2) is 8.24. The lowest BCUT2D eigenvalue weighted by molar-refractivity contribution is 0.385. The monoisotopic (exact) mass is 415 g/mol. The van der Waals surface area contributed by atoms with Crippen LogP contribution in [0.25, 0.3) is 15.9 Å². The van der Waals surface area contributed by atoms with E-state index in [1.165, 1.54) is 33.7 Å². The topological polar surface area (TPSA) is 47.2 Å². The summed E-state index contributed by atoms with van der Waals surface area (Å²) in [5.41, 5.74) is 0.909. The second-order valence-corrected chi connectivity index (χ2v) is 9.04. The van der Waals surface area contributed by atoms with Crippen molar-refractivity contribution >= 4 is 21.6 Å². The molecular weight excluding hydrogens is 389 g/mol. The summed E-state index contributed by atoms with van der Waals surface area (Å²) in [6.07, 6.45) is 6.01. The Kier molecular flexibility index (Phi) is 5.69. The molecule has 1 aromatic carbocycles. The Morgan fingerprint density at radius 3 is 2.52 bits per heavy atom. The van der Waals surface area contributed by atoms with Gasteiger partial charge in [0.15, 0.2) is 0 Å². The molecule has 0 radical (unpaired) electrons. The molecule has 2 heterocycles. The van der Waals surface area contributed by atoms with Gasteiger partial charge in [-0.2, -0.15) is 0 Å². The Bertz CT molecular complexity index is 1140. The number of aromatic nitrogens is 2. The van der Waals surface area contributed by atoms with Gasteiger partial charge in [-0.1, -0.05) is 6.42 Å². The zero-order chi connectivity index (χ0) is 20.5. The summed E-state index contributed by atoms with van der Waals surface area (Å²) in [6, 6.07) is 5.57. The van der Waals surface area contributed by atoms with Crippen LogP contribution in [0.3, 0.4) is 0 Å². The van der Waals surface area contributed by atoms with Crippen molar-refractivity contribution in [3.8, 4) is 5.69 Å². The molecule has 0 bridgehead atoms. The number of nitrogens with zero attached hydrogens (tertiary/aromatic N) is 3. The van der Waals surface area contributed by atoms with Crippen LogP contribution in [0.1, 0.15) is 36.1 Å². The van der Waals surface area contributed by atoms with Gasteiger partial charge in [0.05, 0.1) is 11.1 Å². The van der Waals surface area contributed by atoms with E-state index in [4.69, 9.17) is 0 Å². The first-order valence-electron chi connectivity index (χ1n) is 10.2. The minimum absolute atomic E-state index is 0.278. The van der Waals surface area contributed by atoms with Gasteiger partial charge in [-0.3, -0.25) is 9.36 Å². The Labute approximate surface area is 173 Å². The quantitative estimate of drug-likeness (QED) is 0.599. The van der Waals surface area contributed by atoms with E-state index in [9.17, 15) is 14.0 Å². The zero-order valence-corrected chi connectivity index (χ0v) is 17.7. The predicted octanol–water partition coefficient (Wildman–Crippen LogP) is 3.57. The maximum absolute atomic E-state index is 13.5. The Morgan fingerprint density at radius 2 is 1.79 bits per heavy atom. The summed E-state index contributed by atoms with van der Waals surface area (Å²) in [5, 5.41) is 0.681. The van der Waals surface area contributed by atoms with E-state index in [1.54, 1.807) is 15.9 Å². The van der Waals surface area contributed by atoms with Gasteiger partial charge >= 0.3 is 5.69 Å². The number of fused-ring (bicyclic) bond motifs is 3. The maximum Gasteiger partial charge on any atom is 0.336 e. The van der Waals surface area contributed by atoms with Gasteiger partial charge in [0.2, 0.25) is 0 Å². The summed E-state index contributed by atoms with van der Waals surface area (Å²) in [6.45, 7) is 1.41. The van der Waals surface area contributed by atoms with Crippen molar-refractivity contribution in [2.45, 2.75) is 45.1 Å². The van der Waals surface area contributed by atoms with Crippen LogP contribution in [0.15, 0.2) is 33.9 Å². The van der Waals surface area contributed by atoms with Crippen molar-refractivity contribution < 1.29 is 4.39 Å². The van der Waals surface area contributed by atoms with E-state index in [0.717, 1.165) is 55.5 Å². The molecule has 0 saturated carbocycles. The molecule has 0 atom stereocenters. The van der Waals surface area contributed by atoms with Crippen LogP contribution in [-0.4, -0.2) is 34.7 Å². The zero-order valence-electron chi connectivity index (χ0n) is 16.9. The van der Waals surface area contributed by atoms with Crippen LogP contribution in [0.4, 0.5) is 4.39 Å². The predicted molar refractivity (Wildman–Crippen MR) is 116 cm³/mol. The molecule has 0 saturated heterocycles. The highest BCUT2D eigenvalue weighted by Gasteiger charge is 2.23. The van der Waals surface area contributed by atoms with Crippen LogP contribution in [0.5, 0.6) is 0 Å². The van der Waals surface area contributed by atoms with Crippen LogP contribution < -0.4 is 11.2 Å². The van der Waals surface area contributed by atoms with E-state index >= 15 is 0 Å². The summed E-state index contributed by atoms with van der Waals surface area (Å²) in [5.74, 6) is -0.390. The number of aryl methyl sites for hydroxylation is 3. The number of hydrogen-bond donors (Lipinski definition) is 0. The third-order valence-electron chi connectivity index (χ3n) is 5.56. The molecule has 154 valence electrons. The molecule has 0 unspecified atom stereocenters. The van der Waals surface area contributed by atoms with Gasteiger partial charge < -0.3 is 4.90 Å². The van der Waals surface area contributed by atoms with E-state index in [1.807, 2.05) is 14.1 Å². The fourth-order valence-electron chi connectivity index (χ4n) is 4.11. The Morgan fingerprint density at radius 1 is 1.07 bits per heavy atom. The third kappa shape index (κ3) is 3.81. The molecule has 0 fully saturated rings. The highest BCUT2D eigenvalue weighted by Crippen LogP contribution is 2.33. The average molecular weight is 416 g/mol. The fourth-order valence-corrected chi connectivity index (χ4v) is 5.50. The van der Waals surface area contributed by atoms with Gasteiger partial charge in [-0.05, 0) is 82.6 Å². The van der Waals surface area contributed by atoms with Gasteiger partial charge in [0.1, 0.15) is 10.6 Å². The van der Waals surface area contributed by atoms with Crippen LogP contribution >= 0.6 is 11.3 Å². The smallest absolute Gasteiger partial charge is 0.309 e. The molecule has 0 spiro atoms. The van der Waals surface area contributed by atoms with Gasteiger partial charge in [0.25, 0.3) is 5.56 Å². The van der Waals surface area contributed by atoms with Crippen LogP contribution in [0, 0.1) is 5.82 Å². The lowest BCUT2D eigenvalue weighted by atomic mass is 10.1. The van der Waals surface area contributed by atoms with Gasteiger partial charge in [0, 0.05) is 11.4 Å². The largest absolute Gasteiger partial charge is 0.336 e. The molecule has 4 rings (SSSR count). The highest BCUT2D eigenvalue weighted by atomic mass is 32.1. The number of halogens is 1. The molecule has 0 amide bonds. The summed E-state index contributed by atoms with van der Waals surface area (Å²) >= 11 is 1.61. The normalized spacial score (nSPS) is 14.3. The first-order chi connectivity index (χ1) is 14.0. The van der Waals surface area contributed by atoms with Crippen LogP contribution in [-0.2, 0) is 19.4 Å².